The van der Waals surface area contributed by atoms with Crippen molar-refractivity contribution in [2.24, 2.45) is 0 Å². The standard InChI is InChI=1S/C30H32N2O4/c1-6-17-36-24-15-10-20(18-19(24)2)27(33)25-26(23-9-7-8-16-31-23)32(29(35)28(25)34)22-13-11-21(12-14-22)30(3,4)5/h7-16,18,26,33H,6,17H2,1-5H3/b27-25-. The minimum absolute atomic E-state index is 0.0141. The fourth-order valence-electron chi connectivity index (χ4n) is 4.36. The summed E-state index contributed by atoms with van der Waals surface area (Å²) in [5, 5.41) is 11.4. The van der Waals surface area contributed by atoms with E-state index in [0.717, 1.165) is 17.5 Å². The van der Waals surface area contributed by atoms with E-state index in [4.69, 9.17) is 4.74 Å². The Morgan fingerprint density at radius 3 is 2.36 bits per heavy atom. The van der Waals surface area contributed by atoms with Crippen molar-refractivity contribution in [1.29, 1.82) is 0 Å². The molecule has 1 atom stereocenters. The molecule has 6 nitrogen and oxygen atoms in total. The lowest BCUT2D eigenvalue weighted by Crippen LogP contribution is -2.30. The number of pyridine rings is 1. The normalized spacial score (nSPS) is 17.5. The summed E-state index contributed by atoms with van der Waals surface area (Å²) in [6.45, 7) is 10.8. The predicted octanol–water partition coefficient (Wildman–Crippen LogP) is 6.10. The molecule has 1 aliphatic heterocycles. The predicted molar refractivity (Wildman–Crippen MR) is 141 cm³/mol. The van der Waals surface area contributed by atoms with Crippen molar-refractivity contribution in [3.63, 3.8) is 0 Å². The van der Waals surface area contributed by atoms with E-state index >= 15 is 0 Å². The zero-order valence-corrected chi connectivity index (χ0v) is 21.4. The zero-order valence-electron chi connectivity index (χ0n) is 21.4. The van der Waals surface area contributed by atoms with Gasteiger partial charge in [-0.3, -0.25) is 19.5 Å². The number of carbonyl (C=O) groups excluding carboxylic acids is 2. The van der Waals surface area contributed by atoms with Crippen LogP contribution in [0.4, 0.5) is 5.69 Å². The minimum atomic E-state index is -0.858. The quantitative estimate of drug-likeness (QED) is 0.260. The van der Waals surface area contributed by atoms with Crippen LogP contribution in [0.2, 0.25) is 0 Å². The number of ketones is 1. The van der Waals surface area contributed by atoms with Crippen molar-refractivity contribution in [1.82, 2.24) is 4.98 Å². The number of anilines is 1. The number of aliphatic hydroxyl groups excluding tert-OH is 1. The maximum Gasteiger partial charge on any atom is 0.300 e. The molecule has 1 saturated heterocycles. The van der Waals surface area contributed by atoms with Gasteiger partial charge in [0, 0.05) is 17.4 Å². The highest BCUT2D eigenvalue weighted by molar-refractivity contribution is 6.51. The molecule has 2 aromatic carbocycles. The maximum atomic E-state index is 13.3. The Balaban J connectivity index is 1.84. The first kappa shape index (κ1) is 25.2. The fourth-order valence-corrected chi connectivity index (χ4v) is 4.36. The number of hydrogen-bond donors (Lipinski definition) is 1. The lowest BCUT2D eigenvalue weighted by molar-refractivity contribution is -0.132. The fraction of sp³-hybridized carbons (Fsp3) is 0.300. The monoisotopic (exact) mass is 484 g/mol. The molecule has 1 N–H and O–H groups in total. The van der Waals surface area contributed by atoms with Crippen LogP contribution < -0.4 is 9.64 Å². The molecule has 0 bridgehead atoms. The van der Waals surface area contributed by atoms with E-state index in [9.17, 15) is 14.7 Å². The van der Waals surface area contributed by atoms with Crippen molar-refractivity contribution in [3.05, 3.63) is 94.8 Å². The van der Waals surface area contributed by atoms with Crippen molar-refractivity contribution in [3.8, 4) is 5.75 Å². The summed E-state index contributed by atoms with van der Waals surface area (Å²) in [5.41, 5.74) is 3.40. The number of aromatic nitrogens is 1. The van der Waals surface area contributed by atoms with Crippen molar-refractivity contribution < 1.29 is 19.4 Å². The van der Waals surface area contributed by atoms with Gasteiger partial charge in [-0.15, -0.1) is 0 Å². The number of nitrogens with zero attached hydrogens (tertiary/aromatic N) is 2. The molecule has 0 radical (unpaired) electrons. The molecule has 1 fully saturated rings. The van der Waals surface area contributed by atoms with Gasteiger partial charge >= 0.3 is 0 Å². The average Bonchev–Trinajstić information content (AvgIpc) is 3.13. The lowest BCUT2D eigenvalue weighted by atomic mass is 9.87. The molecule has 6 heteroatoms. The highest BCUT2D eigenvalue weighted by atomic mass is 16.5. The summed E-state index contributed by atoms with van der Waals surface area (Å²) in [6.07, 6.45) is 2.49. The summed E-state index contributed by atoms with van der Waals surface area (Å²) < 4.78 is 5.75. The molecule has 2 heterocycles. The number of Topliss-reactive ketones (excluding diaryl/α,β-unsaturated/α-hetero) is 1. The second-order valence-corrected chi connectivity index (χ2v) is 10.0. The van der Waals surface area contributed by atoms with E-state index < -0.39 is 17.7 Å². The molecule has 1 amide bonds. The lowest BCUT2D eigenvalue weighted by Gasteiger charge is -2.26. The number of benzene rings is 2. The van der Waals surface area contributed by atoms with Crippen LogP contribution in [0.1, 0.15) is 62.5 Å². The molecule has 4 rings (SSSR count). The van der Waals surface area contributed by atoms with E-state index in [0.29, 0.717) is 29.3 Å². The van der Waals surface area contributed by atoms with Crippen LogP contribution >= 0.6 is 0 Å². The smallest absolute Gasteiger partial charge is 0.300 e. The topological polar surface area (TPSA) is 79.7 Å². The van der Waals surface area contributed by atoms with Crippen LogP contribution in [0.25, 0.3) is 5.76 Å². The average molecular weight is 485 g/mol. The van der Waals surface area contributed by atoms with Gasteiger partial charge in [-0.1, -0.05) is 45.9 Å². The Bertz CT molecular complexity index is 1310. The summed E-state index contributed by atoms with van der Waals surface area (Å²) in [5.74, 6) is -0.959. The molecule has 1 unspecified atom stereocenters. The van der Waals surface area contributed by atoms with Crippen LogP contribution in [0, 0.1) is 6.92 Å². The Morgan fingerprint density at radius 1 is 1.06 bits per heavy atom. The molecule has 0 aliphatic carbocycles. The first-order valence-electron chi connectivity index (χ1n) is 12.2. The highest BCUT2D eigenvalue weighted by Gasteiger charge is 2.47. The van der Waals surface area contributed by atoms with Crippen LogP contribution in [-0.4, -0.2) is 28.4 Å². The number of rotatable bonds is 6. The largest absolute Gasteiger partial charge is 0.507 e. The summed E-state index contributed by atoms with van der Waals surface area (Å²) in [4.78, 5) is 32.6. The van der Waals surface area contributed by atoms with E-state index in [1.54, 1.807) is 42.6 Å². The third-order valence-electron chi connectivity index (χ3n) is 6.33. The number of aliphatic hydroxyl groups is 1. The Hall–Kier alpha value is -3.93. The first-order valence-corrected chi connectivity index (χ1v) is 12.2. The van der Waals surface area contributed by atoms with Gasteiger partial charge in [0.1, 0.15) is 17.6 Å². The Kier molecular flexibility index (Phi) is 6.97. The third kappa shape index (κ3) is 4.76. The van der Waals surface area contributed by atoms with Crippen LogP contribution in [0.5, 0.6) is 5.75 Å². The SMILES string of the molecule is CCCOc1ccc(/C(O)=C2/C(=O)C(=O)N(c3ccc(C(C)(C)C)cc3)C2c2ccccn2)cc1C. The van der Waals surface area contributed by atoms with Gasteiger partial charge in [0.05, 0.1) is 17.9 Å². The minimum Gasteiger partial charge on any atom is -0.507 e. The maximum absolute atomic E-state index is 13.3. The molecule has 0 saturated carbocycles. The molecule has 186 valence electrons. The number of carbonyl (C=O) groups is 2. The van der Waals surface area contributed by atoms with Gasteiger partial charge in [-0.25, -0.2) is 0 Å². The van der Waals surface area contributed by atoms with E-state index in [2.05, 4.69) is 25.8 Å². The molecule has 36 heavy (non-hydrogen) atoms. The number of hydrogen-bond acceptors (Lipinski definition) is 5. The second kappa shape index (κ2) is 9.97. The van der Waals surface area contributed by atoms with E-state index in [1.165, 1.54) is 4.90 Å². The van der Waals surface area contributed by atoms with E-state index in [-0.39, 0.29) is 16.7 Å². The summed E-state index contributed by atoms with van der Waals surface area (Å²) in [7, 11) is 0. The molecule has 0 spiro atoms. The zero-order chi connectivity index (χ0) is 26.0. The molecular formula is C30H32N2O4. The van der Waals surface area contributed by atoms with Gasteiger partial charge in [-0.2, -0.15) is 0 Å². The van der Waals surface area contributed by atoms with Gasteiger partial charge in [0.2, 0.25) is 0 Å². The van der Waals surface area contributed by atoms with Crippen molar-refractivity contribution in [2.45, 2.75) is 52.5 Å². The molecule has 1 aromatic heterocycles. The third-order valence-corrected chi connectivity index (χ3v) is 6.33. The number of ether oxygens (including phenoxy) is 1. The molecule has 1 aliphatic rings. The van der Waals surface area contributed by atoms with Crippen LogP contribution in [0.15, 0.2) is 72.4 Å². The van der Waals surface area contributed by atoms with Crippen LogP contribution in [0.3, 0.4) is 0 Å². The Morgan fingerprint density at radius 2 is 1.78 bits per heavy atom. The van der Waals surface area contributed by atoms with Crippen LogP contribution in [-0.2, 0) is 15.0 Å². The van der Waals surface area contributed by atoms with Gasteiger partial charge < -0.3 is 9.84 Å². The summed E-state index contributed by atoms with van der Waals surface area (Å²) >= 11 is 0. The van der Waals surface area contributed by atoms with E-state index in [1.807, 2.05) is 38.1 Å². The number of aryl methyl sites for hydroxylation is 1. The first-order chi connectivity index (χ1) is 17.1. The van der Waals surface area contributed by atoms with Gasteiger partial charge in [-0.05, 0) is 72.4 Å². The van der Waals surface area contributed by atoms with Gasteiger partial charge in [0.15, 0.2) is 0 Å². The highest BCUT2D eigenvalue weighted by Crippen LogP contribution is 2.42. The molecular weight excluding hydrogens is 452 g/mol. The van der Waals surface area contributed by atoms with Gasteiger partial charge in [0.25, 0.3) is 11.7 Å². The Labute approximate surface area is 212 Å². The second-order valence-electron chi connectivity index (χ2n) is 10.0. The summed E-state index contributed by atoms with van der Waals surface area (Å²) in [6, 6.07) is 17.3. The molecule has 3 aromatic rings. The van der Waals surface area contributed by atoms with Crippen molar-refractivity contribution in [2.75, 3.05) is 11.5 Å². The van der Waals surface area contributed by atoms with Crippen molar-refractivity contribution >= 4 is 23.1 Å². The number of amides is 1.